The fraction of sp³-hybridized carbons (Fsp3) is 0.577. The first kappa shape index (κ1) is 22.3. The normalized spacial score (nSPS) is 26.7. The van der Waals surface area contributed by atoms with E-state index in [4.69, 9.17) is 4.74 Å². The van der Waals surface area contributed by atoms with Crippen LogP contribution in [0.1, 0.15) is 57.2 Å². The molecule has 5 heteroatoms. The van der Waals surface area contributed by atoms with Crippen molar-refractivity contribution in [3.8, 4) is 0 Å². The maximum absolute atomic E-state index is 11.8. The summed E-state index contributed by atoms with van der Waals surface area (Å²) < 4.78 is 6.02. The summed E-state index contributed by atoms with van der Waals surface area (Å²) in [6.45, 7) is 14.0. The van der Waals surface area contributed by atoms with E-state index < -0.39 is 5.97 Å². The molecule has 0 aromatic carbocycles. The lowest BCUT2D eigenvalue weighted by Gasteiger charge is -2.42. The molecule has 2 aliphatic carbocycles. The van der Waals surface area contributed by atoms with Crippen LogP contribution in [-0.2, 0) is 16.1 Å². The van der Waals surface area contributed by atoms with Crippen molar-refractivity contribution < 1.29 is 14.6 Å². The van der Waals surface area contributed by atoms with Crippen molar-refractivity contribution >= 4 is 22.9 Å². The number of carboxylic acid groups (broad SMARTS) is 1. The summed E-state index contributed by atoms with van der Waals surface area (Å²) in [5.41, 5.74) is 4.31. The number of likely N-dealkylation sites (tertiary alicyclic amines) is 1. The number of carbonyl (C=O) groups is 1. The van der Waals surface area contributed by atoms with E-state index in [1.807, 2.05) is 18.3 Å². The summed E-state index contributed by atoms with van der Waals surface area (Å²) in [5.74, 6) is 1.01. The maximum Gasteiger partial charge on any atom is 0.307 e. The number of hydrogen-bond acceptors (Lipinski definition) is 4. The number of piperidine rings is 1. The molecule has 4 nitrogen and oxygen atoms in total. The van der Waals surface area contributed by atoms with Crippen LogP contribution >= 0.6 is 11.3 Å². The second kappa shape index (κ2) is 8.59. The van der Waals surface area contributed by atoms with Crippen molar-refractivity contribution in [2.45, 2.75) is 54.0 Å². The van der Waals surface area contributed by atoms with Gasteiger partial charge in [0.2, 0.25) is 0 Å². The molecule has 1 N–H and O–H groups in total. The van der Waals surface area contributed by atoms with E-state index in [0.29, 0.717) is 25.0 Å². The highest BCUT2D eigenvalue weighted by Crippen LogP contribution is 2.52. The lowest BCUT2D eigenvalue weighted by Crippen LogP contribution is -2.46. The van der Waals surface area contributed by atoms with Gasteiger partial charge in [-0.3, -0.25) is 9.69 Å². The van der Waals surface area contributed by atoms with Gasteiger partial charge in [-0.05, 0) is 61.8 Å². The quantitative estimate of drug-likeness (QED) is 0.591. The Morgan fingerprint density at radius 1 is 1.26 bits per heavy atom. The van der Waals surface area contributed by atoms with E-state index in [1.54, 1.807) is 0 Å². The third-order valence-corrected chi connectivity index (χ3v) is 8.07. The predicted octanol–water partition coefficient (Wildman–Crippen LogP) is 5.97. The van der Waals surface area contributed by atoms with Crippen molar-refractivity contribution in [2.24, 2.45) is 23.2 Å². The number of rotatable bonds is 6. The number of aliphatic carboxylic acids is 1. The molecule has 168 valence electrons. The Bertz CT molecular complexity index is 946. The van der Waals surface area contributed by atoms with Crippen LogP contribution in [0, 0.1) is 23.2 Å². The topological polar surface area (TPSA) is 49.8 Å². The monoisotopic (exact) mass is 441 g/mol. The molecule has 2 fully saturated rings. The Morgan fingerprint density at radius 2 is 2.03 bits per heavy atom. The zero-order chi connectivity index (χ0) is 22.3. The highest BCUT2D eigenvalue weighted by Gasteiger charge is 2.39. The standard InChI is InChI=1S/C26H35NO3S/c1-6-30-22-9-7-16(2)20-12-21(20)24(22)23-10-8-19(31-23)15-27-13-17(25(28)29)11-18(14-27)26(3,4)5/h7-10,17-18,20H,6,11-15H2,1-5H3,(H,28,29)/t17-,18-,20?/m1/s1. The molecule has 1 aromatic rings. The minimum Gasteiger partial charge on any atom is -0.493 e. The van der Waals surface area contributed by atoms with Crippen LogP contribution in [0.25, 0.3) is 5.57 Å². The Balaban J connectivity index is 1.54. The first-order valence-corrected chi connectivity index (χ1v) is 12.3. The number of nitrogens with zero attached hydrogens (tertiary/aromatic N) is 1. The number of allylic oxidation sites excluding steroid dienone is 5. The fourth-order valence-electron chi connectivity index (χ4n) is 4.94. The summed E-state index contributed by atoms with van der Waals surface area (Å²) in [6, 6.07) is 4.45. The van der Waals surface area contributed by atoms with Gasteiger partial charge in [0, 0.05) is 40.9 Å². The lowest BCUT2D eigenvalue weighted by atomic mass is 9.73. The molecule has 1 aliphatic heterocycles. The van der Waals surface area contributed by atoms with E-state index in [-0.39, 0.29) is 11.3 Å². The van der Waals surface area contributed by atoms with Crippen LogP contribution in [-0.4, -0.2) is 35.7 Å². The summed E-state index contributed by atoms with van der Waals surface area (Å²) in [7, 11) is 0. The lowest BCUT2D eigenvalue weighted by molar-refractivity contribution is -0.145. The Morgan fingerprint density at radius 3 is 2.71 bits per heavy atom. The highest BCUT2D eigenvalue weighted by atomic mass is 32.1. The van der Waals surface area contributed by atoms with Crippen molar-refractivity contribution in [1.29, 1.82) is 0 Å². The van der Waals surface area contributed by atoms with Gasteiger partial charge in [0.25, 0.3) is 0 Å². The third-order valence-electron chi connectivity index (χ3n) is 6.99. The van der Waals surface area contributed by atoms with Gasteiger partial charge < -0.3 is 9.84 Å². The first-order chi connectivity index (χ1) is 14.7. The van der Waals surface area contributed by atoms with Gasteiger partial charge in [-0.15, -0.1) is 11.3 Å². The van der Waals surface area contributed by atoms with Gasteiger partial charge in [-0.1, -0.05) is 32.4 Å². The van der Waals surface area contributed by atoms with Crippen LogP contribution in [0.4, 0.5) is 0 Å². The maximum atomic E-state index is 11.8. The number of carboxylic acids is 1. The molecule has 0 radical (unpaired) electrons. The van der Waals surface area contributed by atoms with Crippen molar-refractivity contribution in [3.05, 3.63) is 50.9 Å². The number of ether oxygens (including phenoxy) is 1. The van der Waals surface area contributed by atoms with Crippen LogP contribution in [0.15, 0.2) is 41.2 Å². The summed E-state index contributed by atoms with van der Waals surface area (Å²) in [4.78, 5) is 16.7. The molecule has 4 rings (SSSR count). The molecule has 0 amide bonds. The largest absolute Gasteiger partial charge is 0.493 e. The molecule has 31 heavy (non-hydrogen) atoms. The molecule has 3 aliphatic rings. The average Bonchev–Trinajstić information content (AvgIpc) is 3.38. The molecule has 1 saturated heterocycles. The summed E-state index contributed by atoms with van der Waals surface area (Å²) in [5, 5.41) is 9.69. The minimum atomic E-state index is -0.662. The van der Waals surface area contributed by atoms with E-state index in [9.17, 15) is 9.90 Å². The molecule has 0 spiro atoms. The van der Waals surface area contributed by atoms with E-state index in [2.05, 4.69) is 56.9 Å². The number of hydrogen-bond donors (Lipinski definition) is 1. The predicted molar refractivity (Wildman–Crippen MR) is 127 cm³/mol. The first-order valence-electron chi connectivity index (χ1n) is 11.5. The van der Waals surface area contributed by atoms with Gasteiger partial charge in [0.05, 0.1) is 12.5 Å². The van der Waals surface area contributed by atoms with Crippen LogP contribution in [0.2, 0.25) is 0 Å². The molecule has 1 aromatic heterocycles. The van der Waals surface area contributed by atoms with Crippen LogP contribution in [0.5, 0.6) is 0 Å². The molecule has 2 heterocycles. The highest BCUT2D eigenvalue weighted by molar-refractivity contribution is 7.13. The van der Waals surface area contributed by atoms with E-state index >= 15 is 0 Å². The third kappa shape index (κ3) is 4.83. The molecule has 1 unspecified atom stereocenters. The van der Waals surface area contributed by atoms with Crippen LogP contribution < -0.4 is 0 Å². The molecule has 3 atom stereocenters. The number of fused-ring (bicyclic) bond motifs is 1. The molecule has 0 bridgehead atoms. The fourth-order valence-corrected chi connectivity index (χ4v) is 6.07. The molecular weight excluding hydrogens is 406 g/mol. The van der Waals surface area contributed by atoms with Gasteiger partial charge in [-0.25, -0.2) is 0 Å². The second-order valence-corrected chi connectivity index (χ2v) is 11.5. The Hall–Kier alpha value is -1.85. The number of thiophene rings is 1. The summed E-state index contributed by atoms with van der Waals surface area (Å²) in [6.07, 6.45) is 6.24. The zero-order valence-electron chi connectivity index (χ0n) is 19.4. The van der Waals surface area contributed by atoms with Crippen LogP contribution in [0.3, 0.4) is 0 Å². The van der Waals surface area contributed by atoms with Gasteiger partial charge in [0.1, 0.15) is 5.76 Å². The molecule has 1 saturated carbocycles. The van der Waals surface area contributed by atoms with Crippen molar-refractivity contribution in [2.75, 3.05) is 19.7 Å². The van der Waals surface area contributed by atoms with Gasteiger partial charge >= 0.3 is 5.97 Å². The van der Waals surface area contributed by atoms with Crippen molar-refractivity contribution in [3.63, 3.8) is 0 Å². The second-order valence-electron chi connectivity index (χ2n) is 10.3. The van der Waals surface area contributed by atoms with Gasteiger partial charge in [0.15, 0.2) is 0 Å². The van der Waals surface area contributed by atoms with Crippen molar-refractivity contribution in [1.82, 2.24) is 4.90 Å². The average molecular weight is 442 g/mol. The SMILES string of the molecule is CCOC1=CC=C(C)C2CC2=C1c1ccc(CN2C[C@H](C(=O)O)C[C@@H](C(C)(C)C)C2)s1. The summed E-state index contributed by atoms with van der Waals surface area (Å²) >= 11 is 1.83. The Kier molecular flexibility index (Phi) is 6.19. The van der Waals surface area contributed by atoms with Gasteiger partial charge in [-0.2, -0.15) is 0 Å². The Labute approximate surface area is 190 Å². The van der Waals surface area contributed by atoms with E-state index in [1.165, 1.54) is 26.5 Å². The molecular formula is C26H35NO3S. The minimum absolute atomic E-state index is 0.114. The smallest absolute Gasteiger partial charge is 0.307 e. The van der Waals surface area contributed by atoms with E-state index in [0.717, 1.165) is 31.7 Å². The zero-order valence-corrected chi connectivity index (χ0v) is 20.2.